The number of hydrogen-bond donors (Lipinski definition) is 1. The number of nitrogens with one attached hydrogen (secondary N) is 1. The molecular weight excluding hydrogens is 429 g/mol. The Morgan fingerprint density at radius 3 is 2.82 bits per heavy atom. The summed E-state index contributed by atoms with van der Waals surface area (Å²) >= 11 is 7.03. The quantitative estimate of drug-likeness (QED) is 0.743. The van der Waals surface area contributed by atoms with E-state index in [4.69, 9.17) is 16.3 Å². The van der Waals surface area contributed by atoms with Gasteiger partial charge in [0.2, 0.25) is 0 Å². The predicted octanol–water partition coefficient (Wildman–Crippen LogP) is 3.06. The second-order valence-corrected chi connectivity index (χ2v) is 8.48. The Bertz CT molecular complexity index is 1050. The zero-order valence-corrected chi connectivity index (χ0v) is 16.9. The number of halogens is 2. The van der Waals surface area contributed by atoms with Crippen LogP contribution in [-0.4, -0.2) is 44.6 Å². The molecule has 1 aliphatic rings. The molecule has 0 aliphatic carbocycles. The van der Waals surface area contributed by atoms with Crippen molar-refractivity contribution < 1.29 is 22.3 Å². The van der Waals surface area contributed by atoms with Crippen molar-refractivity contribution in [2.24, 2.45) is 4.40 Å². The summed E-state index contributed by atoms with van der Waals surface area (Å²) in [7, 11) is -2.72. The van der Waals surface area contributed by atoms with Crippen LogP contribution in [0, 0.1) is 5.82 Å². The van der Waals surface area contributed by atoms with Crippen LogP contribution < -0.4 is 5.32 Å². The largest absolute Gasteiger partial charge is 0.383 e. The highest BCUT2D eigenvalue weighted by atomic mass is 35.5. The molecule has 0 fully saturated rings. The van der Waals surface area contributed by atoms with Crippen LogP contribution in [0.15, 0.2) is 51.9 Å². The van der Waals surface area contributed by atoms with E-state index >= 15 is 0 Å². The smallest absolute Gasteiger partial charge is 0.345 e. The van der Waals surface area contributed by atoms with E-state index in [0.29, 0.717) is 4.88 Å². The van der Waals surface area contributed by atoms with E-state index in [-0.39, 0.29) is 35.3 Å². The third kappa shape index (κ3) is 4.41. The molecular formula is C17H15ClFN3O4S2. The fourth-order valence-corrected chi connectivity index (χ4v) is 4.54. The van der Waals surface area contributed by atoms with Crippen LogP contribution in [0.1, 0.15) is 4.88 Å². The molecule has 0 spiro atoms. The van der Waals surface area contributed by atoms with Gasteiger partial charge in [-0.25, -0.2) is 8.70 Å². The van der Waals surface area contributed by atoms with Crippen LogP contribution in [0.3, 0.4) is 0 Å². The Morgan fingerprint density at radius 1 is 1.39 bits per heavy atom. The van der Waals surface area contributed by atoms with Gasteiger partial charge in [-0.3, -0.25) is 4.79 Å². The molecule has 7 nitrogen and oxygen atoms in total. The van der Waals surface area contributed by atoms with Crippen LogP contribution in [0.4, 0.5) is 10.1 Å². The average Bonchev–Trinajstić information content (AvgIpc) is 3.17. The molecule has 11 heteroatoms. The molecule has 0 saturated carbocycles. The van der Waals surface area contributed by atoms with Crippen molar-refractivity contribution >= 4 is 50.5 Å². The van der Waals surface area contributed by atoms with Gasteiger partial charge in [-0.15, -0.1) is 15.7 Å². The van der Waals surface area contributed by atoms with E-state index in [1.807, 2.05) is 0 Å². The molecule has 148 valence electrons. The van der Waals surface area contributed by atoms with E-state index in [1.54, 1.807) is 17.5 Å². The lowest BCUT2D eigenvalue weighted by Gasteiger charge is -2.27. The fourth-order valence-electron chi connectivity index (χ4n) is 2.42. The van der Waals surface area contributed by atoms with Gasteiger partial charge in [-0.2, -0.15) is 8.42 Å². The first-order valence-corrected chi connectivity index (χ1v) is 10.6. The van der Waals surface area contributed by atoms with Crippen LogP contribution in [0.2, 0.25) is 5.02 Å². The maximum absolute atomic E-state index is 13.3. The van der Waals surface area contributed by atoms with Gasteiger partial charge < -0.3 is 10.1 Å². The van der Waals surface area contributed by atoms with Gasteiger partial charge in [0, 0.05) is 12.8 Å². The first-order valence-electron chi connectivity index (χ1n) is 7.95. The maximum atomic E-state index is 13.3. The Morgan fingerprint density at radius 2 is 2.18 bits per heavy atom. The SMILES string of the molecule is COCCN1C(C(=O)Nc2ccc(F)c(Cl)c2)=CC(c2cccs2)=NS1(=O)=O. The number of ether oxygens (including phenoxy) is 1. The zero-order chi connectivity index (χ0) is 20.3. The highest BCUT2D eigenvalue weighted by molar-refractivity contribution is 7.88. The second kappa shape index (κ2) is 8.39. The number of allylic oxidation sites excluding steroid dienone is 1. The predicted molar refractivity (Wildman–Crippen MR) is 106 cm³/mol. The summed E-state index contributed by atoms with van der Waals surface area (Å²) in [6.45, 7) is -0.0282. The third-order valence-corrected chi connectivity index (χ3v) is 6.26. The molecule has 2 aromatic rings. The monoisotopic (exact) mass is 443 g/mol. The topological polar surface area (TPSA) is 88.1 Å². The van der Waals surface area contributed by atoms with Crippen LogP contribution in [0.25, 0.3) is 0 Å². The number of amides is 1. The summed E-state index contributed by atoms with van der Waals surface area (Å²) in [4.78, 5) is 13.4. The van der Waals surface area contributed by atoms with Crippen molar-refractivity contribution in [3.63, 3.8) is 0 Å². The summed E-state index contributed by atoms with van der Waals surface area (Å²) in [5, 5.41) is 4.14. The summed E-state index contributed by atoms with van der Waals surface area (Å²) < 4.78 is 48.3. The molecule has 1 aromatic carbocycles. The number of rotatable bonds is 6. The molecule has 0 atom stereocenters. The number of thiophene rings is 1. The van der Waals surface area contributed by atoms with Crippen molar-refractivity contribution in [1.29, 1.82) is 0 Å². The number of carbonyl (C=O) groups is 1. The summed E-state index contributed by atoms with van der Waals surface area (Å²) in [6.07, 6.45) is 1.39. The van der Waals surface area contributed by atoms with Crippen molar-refractivity contribution in [3.05, 3.63) is 63.2 Å². The van der Waals surface area contributed by atoms with Crippen molar-refractivity contribution in [2.45, 2.75) is 0 Å². The normalized spacial score (nSPS) is 15.8. The van der Waals surface area contributed by atoms with Crippen LogP contribution in [0.5, 0.6) is 0 Å². The van der Waals surface area contributed by atoms with Crippen LogP contribution >= 0.6 is 22.9 Å². The van der Waals surface area contributed by atoms with E-state index in [1.165, 1.54) is 36.7 Å². The molecule has 1 amide bonds. The molecule has 0 bridgehead atoms. The molecule has 28 heavy (non-hydrogen) atoms. The summed E-state index contributed by atoms with van der Waals surface area (Å²) in [5.74, 6) is -1.33. The summed E-state index contributed by atoms with van der Waals surface area (Å²) in [5.41, 5.74) is 0.253. The first kappa shape index (κ1) is 20.5. The van der Waals surface area contributed by atoms with Gasteiger partial charge in [0.1, 0.15) is 11.5 Å². The molecule has 1 N–H and O–H groups in total. The first-order chi connectivity index (χ1) is 13.3. The average molecular weight is 444 g/mol. The van der Waals surface area contributed by atoms with E-state index < -0.39 is 21.9 Å². The Hall–Kier alpha value is -2.27. The van der Waals surface area contributed by atoms with Crippen molar-refractivity contribution in [1.82, 2.24) is 4.31 Å². The van der Waals surface area contributed by atoms with Crippen molar-refractivity contribution in [3.8, 4) is 0 Å². The van der Waals surface area contributed by atoms with Gasteiger partial charge in [0.15, 0.2) is 0 Å². The lowest BCUT2D eigenvalue weighted by molar-refractivity contribution is -0.113. The molecule has 1 aromatic heterocycles. The maximum Gasteiger partial charge on any atom is 0.345 e. The van der Waals surface area contributed by atoms with E-state index in [9.17, 15) is 17.6 Å². The number of nitrogens with zero attached hydrogens (tertiary/aromatic N) is 2. The minimum absolute atomic E-state index is 0.0656. The van der Waals surface area contributed by atoms with Gasteiger partial charge in [-0.1, -0.05) is 17.7 Å². The van der Waals surface area contributed by atoms with Gasteiger partial charge in [-0.05, 0) is 35.7 Å². The van der Waals surface area contributed by atoms with Gasteiger partial charge in [0.25, 0.3) is 5.91 Å². The minimum atomic E-state index is -4.14. The lowest BCUT2D eigenvalue weighted by atomic mass is 10.2. The van der Waals surface area contributed by atoms with Gasteiger partial charge in [0.05, 0.1) is 28.8 Å². The molecule has 0 saturated heterocycles. The number of benzene rings is 1. The van der Waals surface area contributed by atoms with E-state index in [2.05, 4.69) is 9.71 Å². The number of hydrogen-bond acceptors (Lipinski definition) is 5. The number of anilines is 1. The molecule has 1 aliphatic heterocycles. The summed E-state index contributed by atoms with van der Waals surface area (Å²) in [6, 6.07) is 7.12. The third-order valence-electron chi connectivity index (χ3n) is 3.72. The Balaban J connectivity index is 1.97. The molecule has 3 rings (SSSR count). The fraction of sp³-hybridized carbons (Fsp3) is 0.176. The second-order valence-electron chi connectivity index (χ2n) is 5.61. The highest BCUT2D eigenvalue weighted by Crippen LogP contribution is 2.25. The van der Waals surface area contributed by atoms with Crippen LogP contribution in [-0.2, 0) is 19.7 Å². The van der Waals surface area contributed by atoms with E-state index in [0.717, 1.165) is 10.4 Å². The highest BCUT2D eigenvalue weighted by Gasteiger charge is 2.33. The standard InChI is InChI=1S/C17H15ClFN3O4S2/c1-26-7-6-22-15(17(23)20-11-4-5-13(19)12(18)9-11)10-14(21-28(22,24)25)16-3-2-8-27-16/h2-5,8-10H,6-7H2,1H3,(H,20,23). The number of carbonyl (C=O) groups excluding carboxylic acids is 1. The molecule has 0 unspecified atom stereocenters. The Labute approximate surface area is 170 Å². The zero-order valence-electron chi connectivity index (χ0n) is 14.6. The minimum Gasteiger partial charge on any atom is -0.383 e. The van der Waals surface area contributed by atoms with Gasteiger partial charge >= 0.3 is 10.2 Å². The lowest BCUT2D eigenvalue weighted by Crippen LogP contribution is -2.40. The Kier molecular flexibility index (Phi) is 6.14. The van der Waals surface area contributed by atoms with Crippen molar-refractivity contribution in [2.75, 3.05) is 25.6 Å². The number of methoxy groups -OCH3 is 1. The molecule has 0 radical (unpaired) electrons. The molecule has 2 heterocycles.